The zero-order chi connectivity index (χ0) is 88.9. The first-order chi connectivity index (χ1) is 59.7. The summed E-state index contributed by atoms with van der Waals surface area (Å²) in [6, 6.07) is 45.8. The van der Waals surface area contributed by atoms with Gasteiger partial charge in [-0.1, -0.05) is 22.3 Å². The number of aliphatic hydroxyl groups excluding tert-OH is 1. The number of hydrogen-bond donors (Lipinski definition) is 5. The number of aliphatic hydroxyl groups is 1. The molecular weight excluding hydrogens is 1680 g/mol. The van der Waals surface area contributed by atoms with E-state index in [-0.39, 0.29) is 75.4 Å². The van der Waals surface area contributed by atoms with Gasteiger partial charge in [0, 0.05) is 177 Å². The second-order valence-electron chi connectivity index (χ2n) is 28.5. The van der Waals surface area contributed by atoms with E-state index in [0.29, 0.717) is 98.9 Å². The molecular formula is C92H108F4N16O13S2. The molecule has 4 aliphatic rings. The number of carbonyl (C=O) groups excluding carboxylic acids is 5. The highest BCUT2D eigenvalue weighted by Crippen LogP contribution is 2.30. The topological polar surface area (TPSA) is 335 Å². The minimum atomic E-state index is -0.985. The number of imidazole rings is 3. The van der Waals surface area contributed by atoms with Crippen molar-refractivity contribution in [1.82, 2.24) is 68.4 Å². The number of anilines is 3. The van der Waals surface area contributed by atoms with Gasteiger partial charge in [0.05, 0.1) is 75.4 Å². The average Bonchev–Trinajstić information content (AvgIpc) is 1.65. The molecule has 9 heterocycles. The standard InChI is InChI=1S/C26H25FN6O2S.C16H13FN2O2.C15H11FN2O2.C14H13FN2O2.C11H16N4OS.C5H12O3.C2H6O.3CH4/c1-17-29-22-14-18(2-7-23(22)33(17)20-5-3-19(27)4-6-20)25(34)32-15-21(16-32)30-9-11-31(12-10-30)26(35)24-28-8-13-36-24;1-10-18-14-9-11(16(20)21-2)3-8-15(14)19(10)13-6-4-12(17)5-7-13;1-9-17-13-8-10(15(19)20)2-7-14(13)18(9)12-5-3-11(16)4-6-12;1-19-14(18)9-2-7-13(12(16)8-9)17-11-5-3-10(15)4-6-11;16-11(10-13-1-6-17-10)15-4-2-14(3-5-15)9-7-12-8-9;1-5(6-2,7-3)8-4;1-2-3;;;/h2-8,13-14,21H,9-12,15-16H2,1H3;3-9H,1-2H3;2-8H,1H3,(H,19,20);2-8,17H,16H2,1H3;1,6,9,12H,2-5,7-8H2;1-4H3;3H,2H2,1H3;3*1H4. The summed E-state index contributed by atoms with van der Waals surface area (Å²) in [5.41, 5.74) is 16.2. The third-order valence-corrected chi connectivity index (χ3v) is 22.2. The molecule has 4 saturated heterocycles. The van der Waals surface area contributed by atoms with Crippen molar-refractivity contribution in [2.45, 2.75) is 75.0 Å². The van der Waals surface area contributed by atoms with E-state index >= 15 is 0 Å². The molecule has 4 aliphatic heterocycles. The Kier molecular flexibility index (Phi) is 36.5. The number of rotatable bonds is 16. The molecule has 3 amide bonds. The number of esters is 2. The van der Waals surface area contributed by atoms with Crippen molar-refractivity contribution in [3.05, 3.63) is 266 Å². The molecule has 127 heavy (non-hydrogen) atoms. The minimum Gasteiger partial charge on any atom is -0.478 e. The van der Waals surface area contributed by atoms with Gasteiger partial charge in [0.2, 0.25) is 0 Å². The lowest BCUT2D eigenvalue weighted by Crippen LogP contribution is -2.64. The number of methoxy groups -OCH3 is 5. The molecule has 674 valence electrons. The Morgan fingerprint density at radius 3 is 1.17 bits per heavy atom. The van der Waals surface area contributed by atoms with Crippen molar-refractivity contribution in [3.8, 4) is 17.1 Å². The van der Waals surface area contributed by atoms with Crippen LogP contribution in [0.5, 0.6) is 0 Å². The number of nitrogens with two attached hydrogens (primary N) is 1. The lowest BCUT2D eigenvalue weighted by molar-refractivity contribution is -0.340. The van der Waals surface area contributed by atoms with Crippen molar-refractivity contribution in [2.24, 2.45) is 0 Å². The highest BCUT2D eigenvalue weighted by Gasteiger charge is 2.38. The van der Waals surface area contributed by atoms with E-state index in [2.05, 4.69) is 50.1 Å². The van der Waals surface area contributed by atoms with E-state index in [1.54, 1.807) is 105 Å². The summed E-state index contributed by atoms with van der Waals surface area (Å²) in [4.78, 5) is 104. The Hall–Kier alpha value is -12.7. The molecule has 0 radical (unpaired) electrons. The van der Waals surface area contributed by atoms with E-state index < -0.39 is 23.9 Å². The van der Waals surface area contributed by atoms with Crippen molar-refractivity contribution < 1.29 is 80.2 Å². The summed E-state index contributed by atoms with van der Waals surface area (Å²) in [7, 11) is 7.21. The molecule has 0 spiro atoms. The highest BCUT2D eigenvalue weighted by molar-refractivity contribution is 7.11. The fourth-order valence-corrected chi connectivity index (χ4v) is 15.0. The number of nitrogens with zero attached hydrogens (tertiary/aromatic N) is 13. The number of amides is 3. The number of nitrogen functional groups attached to an aromatic ring is 1. The van der Waals surface area contributed by atoms with Crippen LogP contribution in [0.2, 0.25) is 0 Å². The third kappa shape index (κ3) is 25.1. The highest BCUT2D eigenvalue weighted by atomic mass is 32.1. The molecule has 0 atom stereocenters. The number of piperazine rings is 2. The second kappa shape index (κ2) is 46.5. The first-order valence-corrected chi connectivity index (χ1v) is 41.1. The van der Waals surface area contributed by atoms with Crippen LogP contribution in [0, 0.1) is 44.0 Å². The van der Waals surface area contributed by atoms with E-state index in [0.717, 1.165) is 103 Å². The Morgan fingerprint density at radius 2 is 0.827 bits per heavy atom. The fourth-order valence-electron chi connectivity index (χ4n) is 13.8. The largest absolute Gasteiger partial charge is 0.478 e. The number of aromatic nitrogens is 8. The van der Waals surface area contributed by atoms with Gasteiger partial charge in [0.1, 0.15) is 40.7 Å². The third-order valence-electron chi connectivity index (χ3n) is 20.7. The second-order valence-corrected chi connectivity index (χ2v) is 30.3. The number of hydrogen-bond acceptors (Lipinski definition) is 24. The number of fused-ring (bicyclic) bond motifs is 3. The number of aryl methyl sites for hydroxylation is 3. The first kappa shape index (κ1) is 99.7. The summed E-state index contributed by atoms with van der Waals surface area (Å²) < 4.78 is 81.6. The predicted octanol–water partition coefficient (Wildman–Crippen LogP) is 15.0. The summed E-state index contributed by atoms with van der Waals surface area (Å²) in [5, 5.41) is 27.7. The van der Waals surface area contributed by atoms with Crippen LogP contribution in [0.3, 0.4) is 0 Å². The summed E-state index contributed by atoms with van der Waals surface area (Å²) in [5.74, 6) is -1.53. The Labute approximate surface area is 742 Å². The van der Waals surface area contributed by atoms with Gasteiger partial charge in [0.25, 0.3) is 23.7 Å². The van der Waals surface area contributed by atoms with Crippen LogP contribution in [-0.4, -0.2) is 248 Å². The molecule has 6 N–H and O–H groups in total. The minimum absolute atomic E-state index is 0. The molecule has 8 aromatic carbocycles. The first-order valence-electron chi connectivity index (χ1n) is 39.4. The fraction of sp³-hybridized carbons (Fsp3) is 0.315. The SMILES string of the molecule is C.C.C.CCO.COC(=O)c1ccc(Nc2ccc(F)cc2)c(N)c1.COC(=O)c1ccc2c(c1)nc(C)n2-c1ccc(F)cc1.COC(C)(OC)OC.Cc1nc2cc(C(=O)N3CC(N4CCN(C(=O)c5nccs5)CC4)C3)ccc2n1-c1ccc(F)cc1.Cc1nc2cc(C(=O)O)ccc2n1-c1ccc(F)cc1.O=C(c1nccs1)N1CCN(C2CNC2)CC1. The van der Waals surface area contributed by atoms with Crippen LogP contribution in [0.4, 0.5) is 34.6 Å². The number of halogens is 4. The molecule has 29 nitrogen and oxygen atoms in total. The Bertz CT molecular complexity index is 5770. The van der Waals surface area contributed by atoms with E-state index in [9.17, 15) is 46.3 Å². The molecule has 17 rings (SSSR count). The lowest BCUT2D eigenvalue weighted by atomic mass is 10.0. The number of aromatic carboxylic acids is 1. The van der Waals surface area contributed by atoms with E-state index in [1.165, 1.54) is 125 Å². The zero-order valence-corrected chi connectivity index (χ0v) is 71.6. The van der Waals surface area contributed by atoms with Crippen molar-refractivity contribution in [2.75, 3.05) is 132 Å². The number of ether oxygens (including phenoxy) is 5. The van der Waals surface area contributed by atoms with Crippen LogP contribution in [-0.2, 0) is 23.7 Å². The van der Waals surface area contributed by atoms with Gasteiger partial charge >= 0.3 is 17.9 Å². The quantitative estimate of drug-likeness (QED) is 0.0260. The zero-order valence-electron chi connectivity index (χ0n) is 69.9. The van der Waals surface area contributed by atoms with E-state index in [4.69, 9.17) is 34.9 Å². The number of nitrogens with one attached hydrogen (secondary N) is 2. The number of carboxylic acid groups (broad SMARTS) is 1. The van der Waals surface area contributed by atoms with Gasteiger partial charge in [-0.2, -0.15) is 0 Å². The van der Waals surface area contributed by atoms with Gasteiger partial charge < -0.3 is 65.0 Å². The van der Waals surface area contributed by atoms with Gasteiger partial charge in [-0.25, -0.2) is 56.9 Å². The molecule has 5 aromatic heterocycles. The monoisotopic (exact) mass is 1780 g/mol. The molecule has 4 fully saturated rings. The summed E-state index contributed by atoms with van der Waals surface area (Å²) in [6.45, 7) is 19.3. The molecule has 0 unspecified atom stereocenters. The summed E-state index contributed by atoms with van der Waals surface area (Å²) in [6.07, 6.45) is 3.35. The molecule has 0 saturated carbocycles. The van der Waals surface area contributed by atoms with Crippen molar-refractivity contribution in [3.63, 3.8) is 0 Å². The van der Waals surface area contributed by atoms with Crippen LogP contribution < -0.4 is 16.4 Å². The van der Waals surface area contributed by atoms with Crippen LogP contribution in [0.1, 0.15) is 115 Å². The van der Waals surface area contributed by atoms with Crippen molar-refractivity contribution in [1.29, 1.82) is 0 Å². The average molecular weight is 1790 g/mol. The normalized spacial score (nSPS) is 13.7. The number of benzene rings is 8. The Morgan fingerprint density at radius 1 is 0.480 bits per heavy atom. The number of carboxylic acids is 1. The van der Waals surface area contributed by atoms with Crippen LogP contribution in [0.15, 0.2) is 193 Å². The maximum Gasteiger partial charge on any atom is 0.337 e. The van der Waals surface area contributed by atoms with Gasteiger partial charge in [0.15, 0.2) is 10.0 Å². The summed E-state index contributed by atoms with van der Waals surface area (Å²) >= 11 is 2.79. The lowest BCUT2D eigenvalue weighted by Gasteiger charge is -2.48. The maximum atomic E-state index is 13.4. The predicted molar refractivity (Wildman–Crippen MR) is 485 cm³/mol. The van der Waals surface area contributed by atoms with E-state index in [1.807, 2.05) is 84.2 Å². The maximum absolute atomic E-state index is 13.4. The van der Waals surface area contributed by atoms with Crippen molar-refractivity contribution >= 4 is 108 Å². The van der Waals surface area contributed by atoms with Gasteiger partial charge in [-0.15, -0.1) is 22.7 Å². The smallest absolute Gasteiger partial charge is 0.337 e. The Balaban J connectivity index is 0.000000194. The number of thiazole rings is 2. The molecule has 0 bridgehead atoms. The van der Waals surface area contributed by atoms with Crippen LogP contribution in [0.25, 0.3) is 50.2 Å². The number of carbonyl (C=O) groups is 6. The van der Waals surface area contributed by atoms with Crippen LogP contribution >= 0.6 is 22.7 Å². The molecule has 0 aliphatic carbocycles. The van der Waals surface area contributed by atoms with Gasteiger partial charge in [-0.3, -0.25) is 37.9 Å². The molecule has 13 aromatic rings. The van der Waals surface area contributed by atoms with Gasteiger partial charge in [-0.05, 0) is 198 Å². The molecule has 35 heteroatoms. The number of likely N-dealkylation sites (tertiary alicyclic amines) is 1.